The van der Waals surface area contributed by atoms with Crippen molar-refractivity contribution in [3.63, 3.8) is 0 Å². The van der Waals surface area contributed by atoms with Crippen molar-refractivity contribution in [2.75, 3.05) is 33.1 Å². The first-order chi connectivity index (χ1) is 12.1. The van der Waals surface area contributed by atoms with E-state index in [4.69, 9.17) is 4.74 Å². The highest BCUT2D eigenvalue weighted by Gasteiger charge is 2.13. The van der Waals surface area contributed by atoms with Gasteiger partial charge in [0, 0.05) is 18.5 Å². The largest absolute Gasteiger partial charge is 0.497 e. The van der Waals surface area contributed by atoms with Crippen LogP contribution < -0.4 is 10.1 Å². The van der Waals surface area contributed by atoms with Gasteiger partial charge in [-0.3, -0.25) is 9.89 Å². The summed E-state index contributed by atoms with van der Waals surface area (Å²) in [6.07, 6.45) is 2.04. The van der Waals surface area contributed by atoms with Gasteiger partial charge in [0.15, 0.2) is 11.3 Å². The number of carbonyl (C=O) groups is 1. The van der Waals surface area contributed by atoms with Crippen molar-refractivity contribution < 1.29 is 9.53 Å². The Kier molecular flexibility index (Phi) is 6.48. The van der Waals surface area contributed by atoms with Crippen LogP contribution in [0.2, 0.25) is 0 Å². The molecule has 3 aromatic rings. The number of nitrogens with one attached hydrogen (secondary N) is 2. The average Bonchev–Trinajstić information content (AvgIpc) is 3.02. The lowest BCUT2D eigenvalue weighted by Crippen LogP contribution is -2.21. The zero-order valence-electron chi connectivity index (χ0n) is 14.8. The molecule has 0 saturated carbocycles. The van der Waals surface area contributed by atoms with Crippen molar-refractivity contribution in [3.8, 4) is 17.0 Å². The fraction of sp³-hybridized carbons (Fsp3) is 0.294. The number of carbonyl (C=O) groups excluding carboxylic acids is 1. The number of amides is 1. The van der Waals surface area contributed by atoms with E-state index in [0.717, 1.165) is 11.3 Å². The predicted molar refractivity (Wildman–Crippen MR) is 103 cm³/mol. The summed E-state index contributed by atoms with van der Waals surface area (Å²) in [6, 6.07) is 7.54. The third-order valence-electron chi connectivity index (χ3n) is 3.70. The molecule has 0 fully saturated rings. The minimum absolute atomic E-state index is 0. The zero-order chi connectivity index (χ0) is 17.8. The smallest absolute Gasteiger partial charge is 0.226 e. The Hall–Kier alpha value is -2.71. The summed E-state index contributed by atoms with van der Waals surface area (Å²) in [6.45, 7) is 0.667. The number of hydrogen-bond acceptors (Lipinski definition) is 6. The molecular weight excluding hydrogens is 356 g/mol. The topological polar surface area (TPSA) is 96.0 Å². The minimum Gasteiger partial charge on any atom is -0.497 e. The number of methoxy groups -OCH3 is 1. The van der Waals surface area contributed by atoms with E-state index in [1.807, 2.05) is 43.3 Å². The molecule has 26 heavy (non-hydrogen) atoms. The zero-order valence-corrected chi connectivity index (χ0v) is 15.6. The standard InChI is InChI=1S/C17H20N6O2.ClH/c1-23(2)9-8-14(24)20-17-15-16(21-22-17)18-10-13(19-15)11-4-6-12(25-3)7-5-11;/h4-7,10H,8-9H2,1-3H3,(H2,18,20,21,22,24);1H. The van der Waals surface area contributed by atoms with E-state index in [-0.39, 0.29) is 18.3 Å². The van der Waals surface area contributed by atoms with Crippen molar-refractivity contribution in [2.24, 2.45) is 0 Å². The van der Waals surface area contributed by atoms with E-state index < -0.39 is 0 Å². The molecular formula is C17H21ClN6O2. The van der Waals surface area contributed by atoms with Gasteiger partial charge in [-0.1, -0.05) is 0 Å². The summed E-state index contributed by atoms with van der Waals surface area (Å²) in [5.41, 5.74) is 2.59. The van der Waals surface area contributed by atoms with Gasteiger partial charge in [0.05, 0.1) is 19.0 Å². The molecule has 2 aromatic heterocycles. The van der Waals surface area contributed by atoms with Crippen LogP contribution in [0.5, 0.6) is 5.75 Å². The molecule has 3 rings (SSSR count). The Balaban J connectivity index is 0.00000243. The number of benzene rings is 1. The fourth-order valence-electron chi connectivity index (χ4n) is 2.31. The Bertz CT molecular complexity index is 879. The number of nitrogens with zero attached hydrogens (tertiary/aromatic N) is 4. The second-order valence-electron chi connectivity index (χ2n) is 5.86. The fourth-order valence-corrected chi connectivity index (χ4v) is 2.31. The highest BCUT2D eigenvalue weighted by Crippen LogP contribution is 2.24. The van der Waals surface area contributed by atoms with Gasteiger partial charge in [0.25, 0.3) is 0 Å². The molecule has 2 N–H and O–H groups in total. The maximum Gasteiger partial charge on any atom is 0.226 e. The molecule has 0 unspecified atom stereocenters. The highest BCUT2D eigenvalue weighted by atomic mass is 35.5. The van der Waals surface area contributed by atoms with Crippen LogP contribution in [0, 0.1) is 0 Å². The van der Waals surface area contributed by atoms with E-state index in [1.165, 1.54) is 0 Å². The van der Waals surface area contributed by atoms with Crippen molar-refractivity contribution in [2.45, 2.75) is 6.42 Å². The monoisotopic (exact) mass is 376 g/mol. The summed E-state index contributed by atoms with van der Waals surface area (Å²) in [5.74, 6) is 1.13. The number of anilines is 1. The summed E-state index contributed by atoms with van der Waals surface area (Å²) in [4.78, 5) is 22.9. The molecule has 0 spiro atoms. The van der Waals surface area contributed by atoms with Crippen molar-refractivity contribution in [3.05, 3.63) is 30.5 Å². The molecule has 1 amide bonds. The summed E-state index contributed by atoms with van der Waals surface area (Å²) >= 11 is 0. The van der Waals surface area contributed by atoms with Gasteiger partial charge < -0.3 is 15.0 Å². The van der Waals surface area contributed by atoms with Crippen LogP contribution in [-0.2, 0) is 4.79 Å². The van der Waals surface area contributed by atoms with Crippen LogP contribution >= 0.6 is 12.4 Å². The maximum absolute atomic E-state index is 12.0. The van der Waals surface area contributed by atoms with Gasteiger partial charge in [-0.05, 0) is 38.4 Å². The predicted octanol–water partition coefficient (Wildman–Crippen LogP) is 2.34. The van der Waals surface area contributed by atoms with Crippen LogP contribution in [0.4, 0.5) is 5.82 Å². The Morgan fingerprint density at radius 2 is 2.00 bits per heavy atom. The first-order valence-corrected chi connectivity index (χ1v) is 7.87. The Morgan fingerprint density at radius 1 is 1.27 bits per heavy atom. The highest BCUT2D eigenvalue weighted by molar-refractivity contribution is 5.97. The molecule has 0 atom stereocenters. The Morgan fingerprint density at radius 3 is 2.65 bits per heavy atom. The van der Waals surface area contributed by atoms with E-state index in [9.17, 15) is 4.79 Å². The van der Waals surface area contributed by atoms with Crippen molar-refractivity contribution in [1.29, 1.82) is 0 Å². The van der Waals surface area contributed by atoms with E-state index in [0.29, 0.717) is 35.6 Å². The first kappa shape index (κ1) is 19.6. The second-order valence-corrected chi connectivity index (χ2v) is 5.86. The molecule has 138 valence electrons. The normalized spacial score (nSPS) is 10.6. The molecule has 0 aliphatic rings. The molecule has 0 radical (unpaired) electrons. The molecule has 9 heteroatoms. The van der Waals surface area contributed by atoms with Gasteiger partial charge in [0.2, 0.25) is 11.6 Å². The lowest BCUT2D eigenvalue weighted by molar-refractivity contribution is -0.116. The number of hydrogen-bond donors (Lipinski definition) is 2. The SMILES string of the molecule is COc1ccc(-c2cnc3n[nH]c(NC(=O)CCN(C)C)c3n2)cc1.Cl. The number of aromatic nitrogens is 4. The van der Waals surface area contributed by atoms with Crippen LogP contribution in [0.1, 0.15) is 6.42 Å². The van der Waals surface area contributed by atoms with Gasteiger partial charge in [-0.2, -0.15) is 5.10 Å². The number of fused-ring (bicyclic) bond motifs is 1. The van der Waals surface area contributed by atoms with Crippen molar-refractivity contribution >= 4 is 35.3 Å². The maximum atomic E-state index is 12.0. The van der Waals surface area contributed by atoms with E-state index in [1.54, 1.807) is 13.3 Å². The second kappa shape index (κ2) is 8.59. The van der Waals surface area contributed by atoms with Crippen LogP contribution in [0.15, 0.2) is 30.5 Å². The van der Waals surface area contributed by atoms with Crippen molar-refractivity contribution in [1.82, 2.24) is 25.1 Å². The Labute approximate surface area is 157 Å². The number of rotatable bonds is 6. The molecule has 8 nitrogen and oxygen atoms in total. The molecule has 0 bridgehead atoms. The van der Waals surface area contributed by atoms with Gasteiger partial charge >= 0.3 is 0 Å². The third-order valence-corrected chi connectivity index (χ3v) is 3.70. The van der Waals surface area contributed by atoms with E-state index >= 15 is 0 Å². The summed E-state index contributed by atoms with van der Waals surface area (Å²) in [5, 5.41) is 9.69. The van der Waals surface area contributed by atoms with Gasteiger partial charge in [-0.25, -0.2) is 9.97 Å². The van der Waals surface area contributed by atoms with E-state index in [2.05, 4.69) is 25.5 Å². The van der Waals surface area contributed by atoms with Gasteiger partial charge in [0.1, 0.15) is 5.75 Å². The van der Waals surface area contributed by atoms with Crippen LogP contribution in [-0.4, -0.2) is 58.7 Å². The summed E-state index contributed by atoms with van der Waals surface area (Å²) < 4.78 is 5.16. The molecule has 0 aliphatic heterocycles. The number of H-pyrrole nitrogens is 1. The third kappa shape index (κ3) is 4.47. The number of aromatic amines is 1. The van der Waals surface area contributed by atoms with Crippen LogP contribution in [0.25, 0.3) is 22.4 Å². The molecule has 0 saturated heterocycles. The molecule has 1 aromatic carbocycles. The summed E-state index contributed by atoms with van der Waals surface area (Å²) in [7, 11) is 5.47. The molecule has 2 heterocycles. The van der Waals surface area contributed by atoms with Crippen LogP contribution in [0.3, 0.4) is 0 Å². The van der Waals surface area contributed by atoms with Gasteiger partial charge in [-0.15, -0.1) is 12.4 Å². The minimum atomic E-state index is -0.101. The molecule has 0 aliphatic carbocycles. The lowest BCUT2D eigenvalue weighted by Gasteiger charge is -2.08. The quantitative estimate of drug-likeness (QED) is 0.685. The average molecular weight is 377 g/mol. The number of ether oxygens (including phenoxy) is 1. The lowest BCUT2D eigenvalue weighted by atomic mass is 10.1. The first-order valence-electron chi connectivity index (χ1n) is 7.87. The number of halogens is 1.